The largest absolute Gasteiger partial charge is 0.393 e. The minimum Gasteiger partial charge on any atom is -0.393 e. The average molecular weight is 401 g/mol. The zero-order chi connectivity index (χ0) is 21.0. The highest BCUT2D eigenvalue weighted by atomic mass is 16.3. The molecule has 0 aromatic heterocycles. The normalized spacial score (nSPS) is 45.4. The van der Waals surface area contributed by atoms with E-state index in [1.165, 1.54) is 50.5 Å². The van der Waals surface area contributed by atoms with Crippen LogP contribution in [-0.2, 0) is 4.79 Å². The van der Waals surface area contributed by atoms with Crippen LogP contribution in [0.1, 0.15) is 98.8 Å². The monoisotopic (exact) mass is 400 g/mol. The molecule has 2 heteroatoms. The van der Waals surface area contributed by atoms with Crippen molar-refractivity contribution >= 4 is 5.78 Å². The van der Waals surface area contributed by atoms with Crippen molar-refractivity contribution in [2.45, 2.75) is 105 Å². The first-order chi connectivity index (χ1) is 13.7. The van der Waals surface area contributed by atoms with Crippen molar-refractivity contribution in [1.29, 1.82) is 0 Å². The van der Waals surface area contributed by atoms with Crippen LogP contribution in [-0.4, -0.2) is 17.0 Å². The molecule has 164 valence electrons. The predicted molar refractivity (Wildman–Crippen MR) is 119 cm³/mol. The van der Waals surface area contributed by atoms with Gasteiger partial charge in [-0.2, -0.15) is 0 Å². The van der Waals surface area contributed by atoms with E-state index in [2.05, 4.69) is 34.6 Å². The first-order valence-corrected chi connectivity index (χ1v) is 12.6. The lowest BCUT2D eigenvalue weighted by Gasteiger charge is -2.57. The second-order valence-electron chi connectivity index (χ2n) is 12.2. The van der Waals surface area contributed by atoms with Crippen LogP contribution < -0.4 is 0 Å². The van der Waals surface area contributed by atoms with Crippen LogP contribution in [0, 0.1) is 46.3 Å². The van der Waals surface area contributed by atoms with E-state index in [9.17, 15) is 9.90 Å². The molecule has 3 saturated carbocycles. The lowest BCUT2D eigenvalue weighted by atomic mass is 9.46. The Morgan fingerprint density at radius 1 is 1.03 bits per heavy atom. The molecular weight excluding hydrogens is 356 g/mol. The quantitative estimate of drug-likeness (QED) is 0.567. The van der Waals surface area contributed by atoms with E-state index in [1.807, 2.05) is 6.08 Å². The van der Waals surface area contributed by atoms with Crippen molar-refractivity contribution < 1.29 is 9.90 Å². The molecule has 1 N–H and O–H groups in total. The molecule has 0 aliphatic heterocycles. The van der Waals surface area contributed by atoms with Crippen LogP contribution in [0.2, 0.25) is 0 Å². The van der Waals surface area contributed by atoms with Gasteiger partial charge in [-0.3, -0.25) is 4.79 Å². The predicted octanol–water partition coefficient (Wildman–Crippen LogP) is 6.57. The smallest absolute Gasteiger partial charge is 0.159 e. The molecule has 0 aromatic carbocycles. The second-order valence-corrected chi connectivity index (χ2v) is 12.2. The summed E-state index contributed by atoms with van der Waals surface area (Å²) in [5.74, 6) is 4.11. The Labute approximate surface area is 178 Å². The number of aliphatic hydroxyl groups is 1. The Morgan fingerprint density at radius 3 is 2.52 bits per heavy atom. The van der Waals surface area contributed by atoms with Crippen LogP contribution in [0.3, 0.4) is 0 Å². The number of fused-ring (bicyclic) bond motifs is 5. The van der Waals surface area contributed by atoms with E-state index in [1.54, 1.807) is 0 Å². The minimum atomic E-state index is -0.241. The van der Waals surface area contributed by atoms with E-state index < -0.39 is 0 Å². The summed E-state index contributed by atoms with van der Waals surface area (Å²) in [6, 6.07) is 0. The standard InChI is InChI=1S/C27H44O2/c1-17(2)7-6-8-18(3)21-9-10-22-25-23(12-14-27(21,22)5)26(4)13-11-20(28)15-19(26)16-24(25)29/h16-18,20-23,25,28H,6-15H2,1-5H3/t18-,20+,21-,22-,23-,25-,26+,27-/m1/s1. The minimum absolute atomic E-state index is 0.153. The molecule has 0 radical (unpaired) electrons. The van der Waals surface area contributed by atoms with Gasteiger partial charge < -0.3 is 5.11 Å². The highest BCUT2D eigenvalue weighted by Gasteiger charge is 2.61. The summed E-state index contributed by atoms with van der Waals surface area (Å²) in [4.78, 5) is 13.4. The van der Waals surface area contributed by atoms with Crippen LogP contribution in [0.5, 0.6) is 0 Å². The van der Waals surface area contributed by atoms with Gasteiger partial charge in [-0.05, 0) is 91.4 Å². The number of rotatable bonds is 5. The topological polar surface area (TPSA) is 37.3 Å². The van der Waals surface area contributed by atoms with Crippen molar-refractivity contribution in [3.05, 3.63) is 11.6 Å². The number of carbonyl (C=O) groups excluding carboxylic acids is 1. The van der Waals surface area contributed by atoms with Gasteiger partial charge in [0.1, 0.15) is 0 Å². The van der Waals surface area contributed by atoms with Crippen molar-refractivity contribution in [3.63, 3.8) is 0 Å². The maximum Gasteiger partial charge on any atom is 0.159 e. The van der Waals surface area contributed by atoms with Crippen LogP contribution in [0.15, 0.2) is 11.6 Å². The van der Waals surface area contributed by atoms with E-state index in [-0.39, 0.29) is 17.4 Å². The SMILES string of the molecule is CC(C)CCC[C@@H](C)[C@H]1CC[C@@H]2[C@H]3C(=O)C=C4C[C@@H](O)CC[C@]4(C)[C@@H]3CC[C@@]21C. The summed E-state index contributed by atoms with van der Waals surface area (Å²) in [6.07, 6.45) is 13.6. The van der Waals surface area contributed by atoms with E-state index in [0.29, 0.717) is 23.0 Å². The molecule has 0 heterocycles. The number of ketones is 1. The number of aliphatic hydroxyl groups excluding tert-OH is 1. The number of allylic oxidation sites excluding steroid dienone is 1. The zero-order valence-corrected chi connectivity index (χ0v) is 19.5. The molecular formula is C27H44O2. The molecule has 0 unspecified atom stereocenters. The van der Waals surface area contributed by atoms with Crippen LogP contribution in [0.25, 0.3) is 0 Å². The molecule has 4 rings (SSSR count). The molecule has 29 heavy (non-hydrogen) atoms. The molecule has 0 saturated heterocycles. The summed E-state index contributed by atoms with van der Waals surface area (Å²) >= 11 is 0. The van der Waals surface area contributed by atoms with Gasteiger partial charge in [0.05, 0.1) is 6.10 Å². The van der Waals surface area contributed by atoms with Crippen LogP contribution in [0.4, 0.5) is 0 Å². The third-order valence-corrected chi connectivity index (χ3v) is 10.1. The van der Waals surface area contributed by atoms with Gasteiger partial charge in [-0.15, -0.1) is 0 Å². The number of hydrogen-bond acceptors (Lipinski definition) is 2. The molecule has 0 spiro atoms. The first-order valence-electron chi connectivity index (χ1n) is 12.6. The molecule has 8 atom stereocenters. The van der Waals surface area contributed by atoms with Crippen molar-refractivity contribution in [2.24, 2.45) is 46.3 Å². The first kappa shape index (κ1) is 21.6. The fourth-order valence-corrected chi connectivity index (χ4v) is 8.41. The van der Waals surface area contributed by atoms with Crippen molar-refractivity contribution in [1.82, 2.24) is 0 Å². The zero-order valence-electron chi connectivity index (χ0n) is 19.5. The molecule has 2 nitrogen and oxygen atoms in total. The Balaban J connectivity index is 1.54. The third kappa shape index (κ3) is 3.56. The van der Waals surface area contributed by atoms with E-state index in [4.69, 9.17) is 0 Å². The lowest BCUT2D eigenvalue weighted by molar-refractivity contribution is -0.135. The fourth-order valence-electron chi connectivity index (χ4n) is 8.41. The molecule has 0 bridgehead atoms. The fraction of sp³-hybridized carbons (Fsp3) is 0.889. The molecule has 0 aromatic rings. The average Bonchev–Trinajstić information content (AvgIpc) is 3.00. The summed E-state index contributed by atoms with van der Waals surface area (Å²) in [6.45, 7) is 12.1. The lowest BCUT2D eigenvalue weighted by Crippen LogP contribution is -2.53. The molecule has 3 fully saturated rings. The Hall–Kier alpha value is -0.630. The number of carbonyl (C=O) groups is 1. The summed E-state index contributed by atoms with van der Waals surface area (Å²) in [7, 11) is 0. The molecule has 0 amide bonds. The van der Waals surface area contributed by atoms with Gasteiger partial charge in [0, 0.05) is 5.92 Å². The molecule has 4 aliphatic rings. The maximum atomic E-state index is 13.4. The van der Waals surface area contributed by atoms with E-state index in [0.717, 1.165) is 37.0 Å². The van der Waals surface area contributed by atoms with Gasteiger partial charge in [0.2, 0.25) is 0 Å². The van der Waals surface area contributed by atoms with Gasteiger partial charge in [-0.1, -0.05) is 59.5 Å². The van der Waals surface area contributed by atoms with Gasteiger partial charge in [0.15, 0.2) is 5.78 Å². The summed E-state index contributed by atoms with van der Waals surface area (Å²) < 4.78 is 0. The van der Waals surface area contributed by atoms with Crippen molar-refractivity contribution in [2.75, 3.05) is 0 Å². The van der Waals surface area contributed by atoms with Gasteiger partial charge in [-0.25, -0.2) is 0 Å². The Kier molecular flexibility index (Phi) is 5.82. The van der Waals surface area contributed by atoms with Crippen molar-refractivity contribution in [3.8, 4) is 0 Å². The maximum absolute atomic E-state index is 13.4. The summed E-state index contributed by atoms with van der Waals surface area (Å²) in [5.41, 5.74) is 1.77. The highest BCUT2D eigenvalue weighted by Crippen LogP contribution is 2.66. The Morgan fingerprint density at radius 2 is 1.79 bits per heavy atom. The summed E-state index contributed by atoms with van der Waals surface area (Å²) in [5, 5.41) is 10.2. The third-order valence-electron chi connectivity index (χ3n) is 10.1. The highest BCUT2D eigenvalue weighted by molar-refractivity contribution is 5.94. The van der Waals surface area contributed by atoms with Gasteiger partial charge in [0.25, 0.3) is 0 Å². The van der Waals surface area contributed by atoms with E-state index >= 15 is 0 Å². The molecule has 4 aliphatic carbocycles. The number of hydrogen-bond donors (Lipinski definition) is 1. The van der Waals surface area contributed by atoms with Crippen LogP contribution >= 0.6 is 0 Å². The van der Waals surface area contributed by atoms with Gasteiger partial charge >= 0.3 is 0 Å². The Bertz CT molecular complexity index is 663. The second kappa shape index (κ2) is 7.81.